The fourth-order valence-corrected chi connectivity index (χ4v) is 3.71. The third-order valence-electron chi connectivity index (χ3n) is 5.35. The second-order valence-electron chi connectivity index (χ2n) is 8.05. The number of nitrogens with two attached hydrogens (primary N) is 1. The maximum Gasteiger partial charge on any atom is 0.222 e. The van der Waals surface area contributed by atoms with Crippen molar-refractivity contribution in [1.29, 1.82) is 0 Å². The summed E-state index contributed by atoms with van der Waals surface area (Å²) in [5.74, 6) is 1.14. The van der Waals surface area contributed by atoms with Crippen molar-refractivity contribution in [3.63, 3.8) is 0 Å². The molecule has 1 amide bonds. The molecular weight excluding hydrogens is 368 g/mol. The van der Waals surface area contributed by atoms with Crippen molar-refractivity contribution < 1.29 is 9.90 Å². The van der Waals surface area contributed by atoms with Crippen molar-refractivity contribution in [2.45, 2.75) is 32.3 Å². The quantitative estimate of drug-likeness (QED) is 0.613. The van der Waals surface area contributed by atoms with Crippen LogP contribution in [0, 0.1) is 5.92 Å². The molecule has 152 valence electrons. The number of nitrogens with zero attached hydrogens (tertiary/aromatic N) is 4. The number of hydrogen-bond donors (Lipinski definition) is 3. The smallest absolute Gasteiger partial charge is 0.222 e. The molecule has 4 N–H and O–H groups in total. The number of piperidine rings is 1. The van der Waals surface area contributed by atoms with E-state index in [-0.39, 0.29) is 11.8 Å². The zero-order chi connectivity index (χ0) is 20.6. The van der Waals surface area contributed by atoms with Crippen LogP contribution >= 0.6 is 0 Å². The van der Waals surface area contributed by atoms with Crippen LogP contribution in [0.15, 0.2) is 42.6 Å². The normalized spacial score (nSPS) is 17.5. The fraction of sp³-hybridized carbons (Fsp3) is 0.381. The number of carbonyl (C=O) groups is 1. The minimum atomic E-state index is -0.883. The van der Waals surface area contributed by atoms with E-state index in [1.807, 2.05) is 36.4 Å². The molecule has 1 saturated heterocycles. The summed E-state index contributed by atoms with van der Waals surface area (Å²) >= 11 is 0. The third kappa shape index (κ3) is 4.02. The van der Waals surface area contributed by atoms with Gasteiger partial charge in [-0.15, -0.1) is 0 Å². The number of aromatic nitrogens is 3. The van der Waals surface area contributed by atoms with Crippen molar-refractivity contribution in [3.05, 3.63) is 48.2 Å². The molecule has 0 spiro atoms. The van der Waals surface area contributed by atoms with E-state index < -0.39 is 5.60 Å². The molecule has 0 radical (unpaired) electrons. The predicted molar refractivity (Wildman–Crippen MR) is 112 cm³/mol. The highest BCUT2D eigenvalue weighted by Gasteiger charge is 2.26. The predicted octanol–water partition coefficient (Wildman–Crippen LogP) is 2.40. The molecule has 2 aromatic heterocycles. The first kappa shape index (κ1) is 19.2. The summed E-state index contributed by atoms with van der Waals surface area (Å²) in [6, 6.07) is 11.4. The summed E-state index contributed by atoms with van der Waals surface area (Å²) in [4.78, 5) is 18.5. The number of aliphatic hydroxyl groups is 1. The Morgan fingerprint density at radius 3 is 2.72 bits per heavy atom. The summed E-state index contributed by atoms with van der Waals surface area (Å²) in [5, 5.41) is 17.8. The van der Waals surface area contributed by atoms with Crippen LogP contribution in [0.5, 0.6) is 0 Å². The standard InChI is InChI=1S/C21H26N6O2/c1-21(2,29)15-5-7-16(8-6-15)24-17-12-19(27-18(25-17)9-10-23-27)26-11-3-4-14(13-26)20(22)28/h5-10,12,14,29H,3-4,11,13H2,1-2H3,(H2,22,28)(H,24,25)/t14-/m0/s1. The number of primary amides is 1. The number of amides is 1. The number of anilines is 3. The highest BCUT2D eigenvalue weighted by atomic mass is 16.3. The molecule has 29 heavy (non-hydrogen) atoms. The minimum Gasteiger partial charge on any atom is -0.386 e. The number of hydrogen-bond acceptors (Lipinski definition) is 6. The second kappa shape index (κ2) is 7.36. The van der Waals surface area contributed by atoms with Gasteiger partial charge in [-0.25, -0.2) is 4.98 Å². The molecule has 1 atom stereocenters. The highest BCUT2D eigenvalue weighted by molar-refractivity contribution is 5.77. The third-order valence-corrected chi connectivity index (χ3v) is 5.35. The number of carbonyl (C=O) groups excluding carboxylic acids is 1. The van der Waals surface area contributed by atoms with Crippen LogP contribution in [0.2, 0.25) is 0 Å². The molecule has 0 unspecified atom stereocenters. The Kier molecular flexibility index (Phi) is 4.87. The lowest BCUT2D eigenvalue weighted by atomic mass is 9.97. The summed E-state index contributed by atoms with van der Waals surface area (Å²) in [7, 11) is 0. The zero-order valence-corrected chi connectivity index (χ0v) is 16.7. The Hall–Kier alpha value is -3.13. The maximum absolute atomic E-state index is 11.7. The zero-order valence-electron chi connectivity index (χ0n) is 16.7. The molecule has 8 heteroatoms. The average Bonchev–Trinajstić information content (AvgIpc) is 3.16. The number of rotatable bonds is 5. The number of fused-ring (bicyclic) bond motifs is 1. The number of nitrogens with one attached hydrogen (secondary N) is 1. The van der Waals surface area contributed by atoms with Gasteiger partial charge < -0.3 is 21.1 Å². The maximum atomic E-state index is 11.7. The second-order valence-corrected chi connectivity index (χ2v) is 8.05. The summed E-state index contributed by atoms with van der Waals surface area (Å²) < 4.78 is 1.78. The molecule has 0 aliphatic carbocycles. The number of benzene rings is 1. The first-order chi connectivity index (χ1) is 13.8. The lowest BCUT2D eigenvalue weighted by molar-refractivity contribution is -0.122. The van der Waals surface area contributed by atoms with E-state index in [1.54, 1.807) is 24.6 Å². The Labute approximate surface area is 169 Å². The molecule has 3 heterocycles. The molecule has 0 bridgehead atoms. The highest BCUT2D eigenvalue weighted by Crippen LogP contribution is 2.28. The molecule has 8 nitrogen and oxygen atoms in total. The van der Waals surface area contributed by atoms with Gasteiger partial charge in [0, 0.05) is 30.9 Å². The Bertz CT molecular complexity index is 1020. The minimum absolute atomic E-state index is 0.159. The van der Waals surface area contributed by atoms with Gasteiger partial charge in [-0.3, -0.25) is 4.79 Å². The van der Waals surface area contributed by atoms with Crippen molar-refractivity contribution >= 4 is 28.9 Å². The molecule has 1 aliphatic rings. The van der Waals surface area contributed by atoms with Crippen LogP contribution in [0.25, 0.3) is 5.65 Å². The SMILES string of the molecule is CC(C)(O)c1ccc(Nc2cc(N3CCC[C@H](C(N)=O)C3)n3nccc3n2)cc1. The molecule has 3 aromatic rings. The van der Waals surface area contributed by atoms with Crippen LogP contribution in [-0.4, -0.2) is 38.7 Å². The first-order valence-electron chi connectivity index (χ1n) is 9.80. The molecule has 1 fully saturated rings. The Balaban J connectivity index is 1.63. The van der Waals surface area contributed by atoms with Gasteiger partial charge in [0.2, 0.25) is 5.91 Å². The van der Waals surface area contributed by atoms with E-state index in [0.717, 1.165) is 42.1 Å². The van der Waals surface area contributed by atoms with Crippen molar-refractivity contribution in [2.75, 3.05) is 23.3 Å². The lowest BCUT2D eigenvalue weighted by Crippen LogP contribution is -2.42. The van der Waals surface area contributed by atoms with E-state index in [9.17, 15) is 9.90 Å². The van der Waals surface area contributed by atoms with Gasteiger partial charge in [0.15, 0.2) is 5.65 Å². The molecular formula is C21H26N6O2. The van der Waals surface area contributed by atoms with Gasteiger partial charge in [0.05, 0.1) is 17.7 Å². The van der Waals surface area contributed by atoms with E-state index >= 15 is 0 Å². The molecule has 1 aliphatic heterocycles. The monoisotopic (exact) mass is 394 g/mol. The average molecular weight is 394 g/mol. The van der Waals surface area contributed by atoms with Gasteiger partial charge in [0.25, 0.3) is 0 Å². The van der Waals surface area contributed by atoms with Crippen LogP contribution in [0.3, 0.4) is 0 Å². The van der Waals surface area contributed by atoms with Crippen LogP contribution in [0.1, 0.15) is 32.3 Å². The summed E-state index contributed by atoms with van der Waals surface area (Å²) in [6.07, 6.45) is 3.43. The summed E-state index contributed by atoms with van der Waals surface area (Å²) in [5.41, 5.74) is 7.09. The first-order valence-corrected chi connectivity index (χ1v) is 9.80. The topological polar surface area (TPSA) is 109 Å². The fourth-order valence-electron chi connectivity index (χ4n) is 3.71. The Morgan fingerprint density at radius 1 is 1.28 bits per heavy atom. The van der Waals surface area contributed by atoms with Crippen molar-refractivity contribution in [3.8, 4) is 0 Å². The molecule has 1 aromatic carbocycles. The van der Waals surface area contributed by atoms with Gasteiger partial charge in [0.1, 0.15) is 11.6 Å². The van der Waals surface area contributed by atoms with E-state index in [1.165, 1.54) is 0 Å². The van der Waals surface area contributed by atoms with Crippen molar-refractivity contribution in [2.24, 2.45) is 11.7 Å². The lowest BCUT2D eigenvalue weighted by Gasteiger charge is -2.33. The van der Waals surface area contributed by atoms with E-state index in [0.29, 0.717) is 12.4 Å². The largest absolute Gasteiger partial charge is 0.386 e. The van der Waals surface area contributed by atoms with Gasteiger partial charge >= 0.3 is 0 Å². The van der Waals surface area contributed by atoms with E-state index in [2.05, 4.69) is 20.3 Å². The molecule has 0 saturated carbocycles. The van der Waals surface area contributed by atoms with Crippen LogP contribution in [0.4, 0.5) is 17.3 Å². The van der Waals surface area contributed by atoms with Crippen LogP contribution in [-0.2, 0) is 10.4 Å². The molecule has 4 rings (SSSR count). The van der Waals surface area contributed by atoms with Crippen molar-refractivity contribution in [1.82, 2.24) is 14.6 Å². The van der Waals surface area contributed by atoms with Gasteiger partial charge in [-0.05, 0) is 44.4 Å². The Morgan fingerprint density at radius 2 is 2.03 bits per heavy atom. The van der Waals surface area contributed by atoms with Gasteiger partial charge in [-0.2, -0.15) is 9.61 Å². The van der Waals surface area contributed by atoms with Gasteiger partial charge in [-0.1, -0.05) is 12.1 Å². The summed E-state index contributed by atoms with van der Waals surface area (Å²) in [6.45, 7) is 4.93. The van der Waals surface area contributed by atoms with Crippen LogP contribution < -0.4 is 16.0 Å². The van der Waals surface area contributed by atoms with E-state index in [4.69, 9.17) is 5.73 Å².